The molecule has 52 valence electrons. The quantitative estimate of drug-likeness (QED) is 0.645. The second kappa shape index (κ2) is 6.29. The van der Waals surface area contributed by atoms with Crippen LogP contribution in [0.5, 0.6) is 0 Å². The van der Waals surface area contributed by atoms with Gasteiger partial charge < -0.3 is 0 Å². The van der Waals surface area contributed by atoms with Gasteiger partial charge in [-0.3, -0.25) is 0 Å². The number of rotatable bonds is 0. The Bertz CT molecular complexity index is 89.1. The molecule has 1 aliphatic rings. The third kappa shape index (κ3) is 4.66. The first kappa shape index (κ1) is 9.17. The first-order valence-electron chi connectivity index (χ1n) is 3.32. The molecule has 9 heavy (non-hydrogen) atoms. The first-order chi connectivity index (χ1) is 4.00. The molecule has 0 aromatic rings. The van der Waals surface area contributed by atoms with E-state index in [0.29, 0.717) is 0 Å². The topological polar surface area (TPSA) is 0 Å². The van der Waals surface area contributed by atoms with Gasteiger partial charge in [-0.25, -0.2) is 0 Å². The molecule has 0 unspecified atom stereocenters. The zero-order chi connectivity index (χ0) is 5.66. The molecule has 1 rings (SSSR count). The van der Waals surface area contributed by atoms with Crippen LogP contribution in [0.15, 0.2) is 24.3 Å². The fourth-order valence-electron chi connectivity index (χ4n) is 0.874. The van der Waals surface area contributed by atoms with Crippen LogP contribution in [0.1, 0.15) is 25.7 Å². The van der Waals surface area contributed by atoms with Crippen molar-refractivity contribution in [3.05, 3.63) is 24.3 Å². The standard InChI is InChI=1S/C8H12.Pt/c1-2-4-6-8-7-5-3-1;/h1-4H,5-8H2;/q;+2/b3-1-,4-2-;. The first-order valence-corrected chi connectivity index (χ1v) is 3.32. The van der Waals surface area contributed by atoms with Gasteiger partial charge in [-0.15, -0.1) is 0 Å². The van der Waals surface area contributed by atoms with E-state index in [1.54, 1.807) is 0 Å². The minimum atomic E-state index is 0. The molecule has 0 nitrogen and oxygen atoms in total. The average Bonchev–Trinajstić information content (AvgIpc) is 1.62. The Balaban J connectivity index is 0.000000640. The summed E-state index contributed by atoms with van der Waals surface area (Å²) in [6.07, 6.45) is 14.0. The second-order valence-corrected chi connectivity index (χ2v) is 2.14. The largest absolute Gasteiger partial charge is 2.00 e. The van der Waals surface area contributed by atoms with Gasteiger partial charge in [0.2, 0.25) is 0 Å². The molecule has 0 radical (unpaired) electrons. The molecule has 0 saturated heterocycles. The van der Waals surface area contributed by atoms with Gasteiger partial charge in [-0.05, 0) is 25.7 Å². The fraction of sp³-hybridized carbons (Fsp3) is 0.500. The Morgan fingerprint density at radius 1 is 0.778 bits per heavy atom. The van der Waals surface area contributed by atoms with E-state index >= 15 is 0 Å². The third-order valence-electron chi connectivity index (χ3n) is 1.37. The third-order valence-corrected chi connectivity index (χ3v) is 1.37. The molecule has 0 aliphatic heterocycles. The van der Waals surface area contributed by atoms with Gasteiger partial charge in [0.25, 0.3) is 0 Å². The summed E-state index contributed by atoms with van der Waals surface area (Å²) in [4.78, 5) is 0. The van der Waals surface area contributed by atoms with Gasteiger partial charge in [0, 0.05) is 0 Å². The molecule has 0 bridgehead atoms. The van der Waals surface area contributed by atoms with Crippen molar-refractivity contribution in [3.8, 4) is 0 Å². The molecular weight excluding hydrogens is 291 g/mol. The van der Waals surface area contributed by atoms with Gasteiger partial charge >= 0.3 is 21.1 Å². The fourth-order valence-corrected chi connectivity index (χ4v) is 0.874. The average molecular weight is 303 g/mol. The Hall–Kier alpha value is 0.168. The summed E-state index contributed by atoms with van der Waals surface area (Å²) in [7, 11) is 0. The summed E-state index contributed by atoms with van der Waals surface area (Å²) in [5, 5.41) is 0. The molecule has 0 aromatic carbocycles. The van der Waals surface area contributed by atoms with Gasteiger partial charge in [-0.1, -0.05) is 24.3 Å². The smallest absolute Gasteiger partial charge is 0.0845 e. The van der Waals surface area contributed by atoms with Crippen LogP contribution in [0.2, 0.25) is 0 Å². The molecule has 0 heterocycles. The summed E-state index contributed by atoms with van der Waals surface area (Å²) in [6, 6.07) is 0. The van der Waals surface area contributed by atoms with Crippen LogP contribution < -0.4 is 0 Å². The summed E-state index contributed by atoms with van der Waals surface area (Å²) < 4.78 is 0. The summed E-state index contributed by atoms with van der Waals surface area (Å²) >= 11 is 0. The minimum Gasteiger partial charge on any atom is -0.0845 e. The zero-order valence-electron chi connectivity index (χ0n) is 5.45. The van der Waals surface area contributed by atoms with E-state index in [9.17, 15) is 0 Å². The van der Waals surface area contributed by atoms with E-state index in [2.05, 4.69) is 24.3 Å². The van der Waals surface area contributed by atoms with Crippen LogP contribution in [0.3, 0.4) is 0 Å². The maximum Gasteiger partial charge on any atom is 2.00 e. The van der Waals surface area contributed by atoms with Gasteiger partial charge in [0.15, 0.2) is 0 Å². The molecule has 0 amide bonds. The molecule has 1 heteroatoms. The van der Waals surface area contributed by atoms with Crippen LogP contribution in [-0.4, -0.2) is 0 Å². The molecule has 0 atom stereocenters. The maximum absolute atomic E-state index is 2.23. The predicted octanol–water partition coefficient (Wildman–Crippen LogP) is 2.67. The van der Waals surface area contributed by atoms with Crippen molar-refractivity contribution in [1.29, 1.82) is 0 Å². The SMILES string of the molecule is C1=C\CCCC\C=C/1.[Pt+2]. The van der Waals surface area contributed by atoms with Crippen molar-refractivity contribution in [2.45, 2.75) is 25.7 Å². The van der Waals surface area contributed by atoms with E-state index in [4.69, 9.17) is 0 Å². The normalized spacial score (nSPS) is 24.9. The van der Waals surface area contributed by atoms with E-state index in [1.807, 2.05) is 0 Å². The molecule has 0 N–H and O–H groups in total. The van der Waals surface area contributed by atoms with Crippen molar-refractivity contribution in [2.75, 3.05) is 0 Å². The van der Waals surface area contributed by atoms with Crippen LogP contribution in [0.25, 0.3) is 0 Å². The van der Waals surface area contributed by atoms with Crippen molar-refractivity contribution < 1.29 is 21.1 Å². The predicted molar refractivity (Wildman–Crippen MR) is 36.7 cm³/mol. The molecule has 0 spiro atoms. The molecule has 0 fully saturated rings. The Kier molecular flexibility index (Phi) is 6.41. The van der Waals surface area contributed by atoms with Crippen LogP contribution in [-0.2, 0) is 21.1 Å². The van der Waals surface area contributed by atoms with E-state index in [1.165, 1.54) is 25.7 Å². The molecule has 1 aliphatic carbocycles. The zero-order valence-corrected chi connectivity index (χ0v) is 7.73. The van der Waals surface area contributed by atoms with Crippen molar-refractivity contribution in [2.24, 2.45) is 0 Å². The number of allylic oxidation sites excluding steroid dienone is 4. The second-order valence-electron chi connectivity index (χ2n) is 2.14. The van der Waals surface area contributed by atoms with Crippen molar-refractivity contribution >= 4 is 0 Å². The summed E-state index contributed by atoms with van der Waals surface area (Å²) in [6.45, 7) is 0. The van der Waals surface area contributed by atoms with E-state index in [-0.39, 0.29) is 21.1 Å². The Morgan fingerprint density at radius 2 is 1.22 bits per heavy atom. The minimum absolute atomic E-state index is 0. The maximum atomic E-state index is 2.23. The van der Waals surface area contributed by atoms with Crippen LogP contribution >= 0.6 is 0 Å². The van der Waals surface area contributed by atoms with Crippen LogP contribution in [0, 0.1) is 0 Å². The van der Waals surface area contributed by atoms with Crippen LogP contribution in [0.4, 0.5) is 0 Å². The number of hydrogen-bond acceptors (Lipinski definition) is 0. The van der Waals surface area contributed by atoms with Gasteiger partial charge in [0.05, 0.1) is 0 Å². The molecule has 0 saturated carbocycles. The summed E-state index contributed by atoms with van der Waals surface area (Å²) in [5.74, 6) is 0. The monoisotopic (exact) mass is 303 g/mol. The van der Waals surface area contributed by atoms with E-state index in [0.717, 1.165) is 0 Å². The van der Waals surface area contributed by atoms with Crippen molar-refractivity contribution in [1.82, 2.24) is 0 Å². The van der Waals surface area contributed by atoms with Crippen molar-refractivity contribution in [3.63, 3.8) is 0 Å². The summed E-state index contributed by atoms with van der Waals surface area (Å²) in [5.41, 5.74) is 0. The Morgan fingerprint density at radius 3 is 1.67 bits per heavy atom. The van der Waals surface area contributed by atoms with Gasteiger partial charge in [-0.2, -0.15) is 0 Å². The number of hydrogen-bond donors (Lipinski definition) is 0. The Labute approximate surface area is 71.3 Å². The molecular formula is C8H12Pt+2. The molecule has 0 aromatic heterocycles. The van der Waals surface area contributed by atoms with Gasteiger partial charge in [0.1, 0.15) is 0 Å². The van der Waals surface area contributed by atoms with E-state index < -0.39 is 0 Å².